The normalized spacial score (nSPS) is 41.2. The maximum atomic E-state index is 2.65. The molecule has 1 saturated heterocycles. The van der Waals surface area contributed by atoms with Gasteiger partial charge in [-0.1, -0.05) is 12.2 Å². The summed E-state index contributed by atoms with van der Waals surface area (Å²) in [6.45, 7) is 9.31. The summed E-state index contributed by atoms with van der Waals surface area (Å²) >= 11 is 0. The van der Waals surface area contributed by atoms with Crippen molar-refractivity contribution in [2.24, 2.45) is 0 Å². The van der Waals surface area contributed by atoms with Gasteiger partial charge in [0.2, 0.25) is 0 Å². The lowest BCUT2D eigenvalue weighted by molar-refractivity contribution is 0.0765. The van der Waals surface area contributed by atoms with Crippen LogP contribution in [-0.2, 0) is 0 Å². The molecule has 0 radical (unpaired) electrons. The Labute approximate surface area is 75.4 Å². The highest BCUT2D eigenvalue weighted by molar-refractivity contribution is 5.24. The Morgan fingerprint density at radius 2 is 2.08 bits per heavy atom. The van der Waals surface area contributed by atoms with Gasteiger partial charge in [0, 0.05) is 17.1 Å². The van der Waals surface area contributed by atoms with Gasteiger partial charge in [-0.3, -0.25) is 4.90 Å². The van der Waals surface area contributed by atoms with E-state index in [2.05, 4.69) is 44.7 Å². The Kier molecular flexibility index (Phi) is 1.48. The second-order valence-electron chi connectivity index (χ2n) is 5.36. The molecule has 0 spiro atoms. The average molecular weight is 165 g/mol. The monoisotopic (exact) mass is 165 g/mol. The van der Waals surface area contributed by atoms with Crippen molar-refractivity contribution >= 4 is 0 Å². The highest BCUT2D eigenvalue weighted by atomic mass is 15.3. The molecule has 1 heteroatoms. The molecule has 1 fully saturated rings. The second kappa shape index (κ2) is 2.14. The van der Waals surface area contributed by atoms with Gasteiger partial charge in [0.1, 0.15) is 0 Å². The summed E-state index contributed by atoms with van der Waals surface area (Å²) in [5.41, 5.74) is 0.683. The van der Waals surface area contributed by atoms with Crippen molar-refractivity contribution in [3.8, 4) is 0 Å². The molecular weight excluding hydrogens is 146 g/mol. The van der Waals surface area contributed by atoms with Crippen LogP contribution in [0.2, 0.25) is 0 Å². The molecule has 0 saturated carbocycles. The third-order valence-electron chi connectivity index (χ3n) is 3.23. The van der Waals surface area contributed by atoms with Crippen LogP contribution in [0.25, 0.3) is 0 Å². The van der Waals surface area contributed by atoms with E-state index >= 15 is 0 Å². The molecule has 1 nitrogen and oxygen atoms in total. The third-order valence-corrected chi connectivity index (χ3v) is 3.23. The highest BCUT2D eigenvalue weighted by Gasteiger charge is 2.48. The molecule has 0 amide bonds. The van der Waals surface area contributed by atoms with Gasteiger partial charge in [0.25, 0.3) is 0 Å². The van der Waals surface area contributed by atoms with Gasteiger partial charge in [-0.05, 0) is 40.5 Å². The van der Waals surface area contributed by atoms with E-state index in [1.807, 2.05) is 0 Å². The minimum Gasteiger partial charge on any atom is -0.283 e. The quantitative estimate of drug-likeness (QED) is 0.499. The maximum Gasteiger partial charge on any atom is 0.0375 e. The molecule has 0 aliphatic carbocycles. The summed E-state index contributed by atoms with van der Waals surface area (Å²) < 4.78 is 0. The van der Waals surface area contributed by atoms with Gasteiger partial charge in [-0.2, -0.15) is 0 Å². The summed E-state index contributed by atoms with van der Waals surface area (Å²) in [5, 5.41) is 0. The lowest BCUT2D eigenvalue weighted by Gasteiger charge is -2.41. The number of hydrogen-bond acceptors (Lipinski definition) is 1. The standard InChI is InChI=1S/C11H19N/c1-10(2,3)12-9-5-7-11(12,4)8-6-9/h5,7,9H,6,8H2,1-4H3/t9-,11+/m0/s1. The lowest BCUT2D eigenvalue weighted by Crippen LogP contribution is -2.50. The molecule has 68 valence electrons. The number of nitrogens with zero attached hydrogens (tertiary/aromatic N) is 1. The van der Waals surface area contributed by atoms with E-state index in [0.717, 1.165) is 6.04 Å². The van der Waals surface area contributed by atoms with Crippen LogP contribution in [0.5, 0.6) is 0 Å². The Morgan fingerprint density at radius 1 is 1.42 bits per heavy atom. The molecule has 2 heterocycles. The molecule has 2 aliphatic rings. The second-order valence-corrected chi connectivity index (χ2v) is 5.36. The maximum absolute atomic E-state index is 2.65. The van der Waals surface area contributed by atoms with Crippen LogP contribution in [0.3, 0.4) is 0 Å². The predicted octanol–water partition coefficient (Wildman–Crippen LogP) is 2.58. The van der Waals surface area contributed by atoms with E-state index < -0.39 is 0 Å². The smallest absolute Gasteiger partial charge is 0.0375 e. The summed E-state index contributed by atoms with van der Waals surface area (Å²) in [6.07, 6.45) is 7.47. The highest BCUT2D eigenvalue weighted by Crippen LogP contribution is 2.45. The minimum atomic E-state index is 0.319. The molecule has 0 aromatic carbocycles. The summed E-state index contributed by atoms with van der Waals surface area (Å²) in [5.74, 6) is 0. The van der Waals surface area contributed by atoms with E-state index in [0.29, 0.717) is 11.1 Å². The van der Waals surface area contributed by atoms with Crippen molar-refractivity contribution in [1.29, 1.82) is 0 Å². The molecule has 0 aromatic rings. The number of hydrogen-bond donors (Lipinski definition) is 0. The van der Waals surface area contributed by atoms with Crippen molar-refractivity contribution in [2.45, 2.75) is 57.7 Å². The zero-order chi connectivity index (χ0) is 8.98. The number of fused-ring (bicyclic) bond motifs is 2. The van der Waals surface area contributed by atoms with E-state index in [1.54, 1.807) is 0 Å². The molecule has 0 N–H and O–H groups in total. The Balaban J connectivity index is 2.31. The Bertz CT molecular complexity index is 224. The van der Waals surface area contributed by atoms with Crippen LogP contribution < -0.4 is 0 Å². The molecular formula is C11H19N. The van der Waals surface area contributed by atoms with Crippen LogP contribution in [0.4, 0.5) is 0 Å². The van der Waals surface area contributed by atoms with Crippen molar-refractivity contribution in [1.82, 2.24) is 4.90 Å². The zero-order valence-corrected chi connectivity index (χ0v) is 8.59. The predicted molar refractivity (Wildman–Crippen MR) is 52.2 cm³/mol. The zero-order valence-electron chi connectivity index (χ0n) is 8.59. The Hall–Kier alpha value is -0.300. The van der Waals surface area contributed by atoms with Gasteiger partial charge >= 0.3 is 0 Å². The van der Waals surface area contributed by atoms with Crippen LogP contribution >= 0.6 is 0 Å². The molecule has 0 aromatic heterocycles. The molecule has 2 rings (SSSR count). The van der Waals surface area contributed by atoms with Crippen molar-refractivity contribution < 1.29 is 0 Å². The molecule has 0 unspecified atom stereocenters. The molecule has 12 heavy (non-hydrogen) atoms. The van der Waals surface area contributed by atoms with E-state index in [4.69, 9.17) is 0 Å². The number of rotatable bonds is 0. The van der Waals surface area contributed by atoms with Crippen molar-refractivity contribution in [3.05, 3.63) is 12.2 Å². The van der Waals surface area contributed by atoms with E-state index in [-0.39, 0.29) is 0 Å². The summed E-state index contributed by atoms with van der Waals surface area (Å²) in [4.78, 5) is 2.65. The first-order valence-corrected chi connectivity index (χ1v) is 4.92. The minimum absolute atomic E-state index is 0.319. The largest absolute Gasteiger partial charge is 0.283 e. The first kappa shape index (κ1) is 8.31. The Morgan fingerprint density at radius 3 is 2.25 bits per heavy atom. The summed E-state index contributed by atoms with van der Waals surface area (Å²) in [6, 6.07) is 0.718. The fourth-order valence-corrected chi connectivity index (χ4v) is 3.00. The van der Waals surface area contributed by atoms with Gasteiger partial charge in [0.05, 0.1) is 0 Å². The third kappa shape index (κ3) is 0.957. The molecule has 2 bridgehead atoms. The molecule has 2 atom stereocenters. The fourth-order valence-electron chi connectivity index (χ4n) is 3.00. The van der Waals surface area contributed by atoms with Crippen molar-refractivity contribution in [2.75, 3.05) is 0 Å². The van der Waals surface area contributed by atoms with Crippen LogP contribution in [-0.4, -0.2) is 22.0 Å². The topological polar surface area (TPSA) is 3.24 Å². The molecule has 2 aliphatic heterocycles. The van der Waals surface area contributed by atoms with Crippen LogP contribution in [0.15, 0.2) is 12.2 Å². The average Bonchev–Trinajstić information content (AvgIpc) is 2.37. The van der Waals surface area contributed by atoms with Crippen molar-refractivity contribution in [3.63, 3.8) is 0 Å². The fraction of sp³-hybridized carbons (Fsp3) is 0.818. The summed E-state index contributed by atoms with van der Waals surface area (Å²) in [7, 11) is 0. The van der Waals surface area contributed by atoms with Crippen LogP contribution in [0, 0.1) is 0 Å². The van der Waals surface area contributed by atoms with Gasteiger partial charge < -0.3 is 0 Å². The van der Waals surface area contributed by atoms with E-state index in [9.17, 15) is 0 Å². The first-order chi connectivity index (χ1) is 5.43. The van der Waals surface area contributed by atoms with E-state index in [1.165, 1.54) is 12.8 Å². The van der Waals surface area contributed by atoms with Crippen LogP contribution in [0.1, 0.15) is 40.5 Å². The SMILES string of the molecule is CC(C)(C)N1[C@H]2C=C[C@]1(C)CC2. The van der Waals surface area contributed by atoms with Gasteiger partial charge in [-0.25, -0.2) is 0 Å². The van der Waals surface area contributed by atoms with Gasteiger partial charge in [-0.15, -0.1) is 0 Å². The van der Waals surface area contributed by atoms with Gasteiger partial charge in [0.15, 0.2) is 0 Å². The first-order valence-electron chi connectivity index (χ1n) is 4.92. The lowest BCUT2D eigenvalue weighted by atomic mass is 9.94.